The molecular weight excluding hydrogens is 470 g/mol. The second-order valence-electron chi connectivity index (χ2n) is 7.45. The molecule has 5 rings (SSSR count). The number of rotatable bonds is 6. The van der Waals surface area contributed by atoms with Crippen LogP contribution < -0.4 is 14.8 Å². The summed E-state index contributed by atoms with van der Waals surface area (Å²) in [6.45, 7) is 2.17. The Bertz CT molecular complexity index is 1250. The molecule has 2 aliphatic heterocycles. The molecule has 1 amide bonds. The van der Waals surface area contributed by atoms with E-state index in [2.05, 4.69) is 10.3 Å². The van der Waals surface area contributed by atoms with Crippen LogP contribution in [0.2, 0.25) is 0 Å². The average molecular weight is 492 g/mol. The van der Waals surface area contributed by atoms with E-state index in [0.29, 0.717) is 47.8 Å². The predicted molar refractivity (Wildman–Crippen MR) is 123 cm³/mol. The number of fused-ring (bicyclic) bond motifs is 1. The number of hydrogen-bond donors (Lipinski definition) is 1. The number of anilines is 1. The Morgan fingerprint density at radius 2 is 1.88 bits per heavy atom. The molecule has 11 heteroatoms. The monoisotopic (exact) mass is 491 g/mol. The molecule has 2 aromatic heterocycles. The summed E-state index contributed by atoms with van der Waals surface area (Å²) < 4.78 is 38.3. The maximum atomic E-state index is 12.7. The molecule has 4 heterocycles. The minimum Gasteiger partial charge on any atom is -0.486 e. The van der Waals surface area contributed by atoms with Gasteiger partial charge in [-0.3, -0.25) is 4.79 Å². The second-order valence-corrected chi connectivity index (χ2v) is 11.6. The highest BCUT2D eigenvalue weighted by atomic mass is 32.2. The highest BCUT2D eigenvalue weighted by Crippen LogP contribution is 2.35. The molecule has 1 aromatic carbocycles. The van der Waals surface area contributed by atoms with Crippen molar-refractivity contribution in [3.8, 4) is 22.8 Å². The van der Waals surface area contributed by atoms with Gasteiger partial charge in [0.15, 0.2) is 16.6 Å². The van der Waals surface area contributed by atoms with Crippen molar-refractivity contribution in [2.45, 2.75) is 23.5 Å². The lowest BCUT2D eigenvalue weighted by atomic mass is 10.1. The van der Waals surface area contributed by atoms with Crippen LogP contribution in [0.4, 0.5) is 5.13 Å². The van der Waals surface area contributed by atoms with E-state index in [1.807, 2.05) is 23.6 Å². The average Bonchev–Trinajstić information content (AvgIpc) is 3.55. The van der Waals surface area contributed by atoms with E-state index in [4.69, 9.17) is 9.47 Å². The maximum Gasteiger partial charge on any atom is 0.252 e. The summed E-state index contributed by atoms with van der Waals surface area (Å²) >= 11 is 2.48. The Morgan fingerprint density at radius 3 is 2.69 bits per heavy atom. The van der Waals surface area contributed by atoms with Crippen LogP contribution in [0.1, 0.15) is 17.7 Å². The minimum absolute atomic E-state index is 0.0964. The molecule has 0 radical (unpaired) electrons. The van der Waals surface area contributed by atoms with Crippen LogP contribution >= 0.6 is 22.7 Å². The molecule has 168 valence electrons. The molecule has 8 nitrogen and oxygen atoms in total. The molecule has 1 saturated heterocycles. The standard InChI is InChI=1S/C21H21N3O5S3/c25-19(12-15-4-6-20(31-15)32(26,27)24-7-1-2-8-24)23-21-22-16(13-30-21)14-3-5-17-18(11-14)29-10-9-28-17/h3-6,11,13H,1-2,7-10,12H2,(H,22,23,25). The number of thiophene rings is 1. The molecule has 1 fully saturated rings. The minimum atomic E-state index is -3.46. The fourth-order valence-corrected chi connectivity index (χ4v) is 7.40. The van der Waals surface area contributed by atoms with Gasteiger partial charge < -0.3 is 14.8 Å². The van der Waals surface area contributed by atoms with Gasteiger partial charge in [0, 0.05) is 28.9 Å². The van der Waals surface area contributed by atoms with Gasteiger partial charge in [-0.25, -0.2) is 13.4 Å². The highest BCUT2D eigenvalue weighted by Gasteiger charge is 2.28. The third-order valence-electron chi connectivity index (χ3n) is 5.22. The van der Waals surface area contributed by atoms with Crippen molar-refractivity contribution in [3.05, 3.63) is 40.6 Å². The number of aromatic nitrogens is 1. The number of hydrogen-bond acceptors (Lipinski definition) is 8. The van der Waals surface area contributed by atoms with Crippen LogP contribution in [0.3, 0.4) is 0 Å². The number of thiazole rings is 1. The van der Waals surface area contributed by atoms with E-state index in [0.717, 1.165) is 35.4 Å². The van der Waals surface area contributed by atoms with E-state index in [-0.39, 0.29) is 16.5 Å². The van der Waals surface area contributed by atoms with Crippen LogP contribution in [0.25, 0.3) is 11.3 Å². The summed E-state index contributed by atoms with van der Waals surface area (Å²) in [6.07, 6.45) is 1.88. The Balaban J connectivity index is 1.23. The maximum absolute atomic E-state index is 12.7. The zero-order valence-electron chi connectivity index (χ0n) is 17.1. The van der Waals surface area contributed by atoms with Gasteiger partial charge in [0.25, 0.3) is 10.0 Å². The molecule has 3 aromatic rings. The number of nitrogens with zero attached hydrogens (tertiary/aromatic N) is 2. The lowest BCUT2D eigenvalue weighted by Crippen LogP contribution is -2.27. The number of nitrogens with one attached hydrogen (secondary N) is 1. The predicted octanol–water partition coefficient (Wildman–Crippen LogP) is 3.61. The third kappa shape index (κ3) is 4.38. The number of ether oxygens (including phenoxy) is 2. The van der Waals surface area contributed by atoms with Gasteiger partial charge >= 0.3 is 0 Å². The van der Waals surface area contributed by atoms with E-state index < -0.39 is 10.0 Å². The largest absolute Gasteiger partial charge is 0.486 e. The fraction of sp³-hybridized carbons (Fsp3) is 0.333. The van der Waals surface area contributed by atoms with Crippen molar-refractivity contribution in [1.82, 2.24) is 9.29 Å². The Hall–Kier alpha value is -2.47. The first-order chi connectivity index (χ1) is 15.5. The van der Waals surface area contributed by atoms with Gasteiger partial charge in [0.05, 0.1) is 12.1 Å². The zero-order valence-corrected chi connectivity index (χ0v) is 19.5. The van der Waals surface area contributed by atoms with Crippen molar-refractivity contribution in [2.75, 3.05) is 31.6 Å². The smallest absolute Gasteiger partial charge is 0.252 e. The van der Waals surface area contributed by atoms with E-state index in [1.54, 1.807) is 12.1 Å². The van der Waals surface area contributed by atoms with E-state index >= 15 is 0 Å². The molecule has 0 bridgehead atoms. The first kappa shape index (κ1) is 21.4. The normalized spacial score (nSPS) is 16.2. The summed E-state index contributed by atoms with van der Waals surface area (Å²) in [7, 11) is -3.46. The van der Waals surface area contributed by atoms with Gasteiger partial charge in [0.2, 0.25) is 5.91 Å². The van der Waals surface area contributed by atoms with Gasteiger partial charge in [-0.05, 0) is 43.2 Å². The highest BCUT2D eigenvalue weighted by molar-refractivity contribution is 7.91. The van der Waals surface area contributed by atoms with Crippen LogP contribution in [0, 0.1) is 0 Å². The topological polar surface area (TPSA) is 97.8 Å². The molecule has 32 heavy (non-hydrogen) atoms. The van der Waals surface area contributed by atoms with Crippen molar-refractivity contribution < 1.29 is 22.7 Å². The third-order valence-corrected chi connectivity index (χ3v) is 9.43. The molecule has 0 saturated carbocycles. The number of sulfonamides is 1. The summed E-state index contributed by atoms with van der Waals surface area (Å²) in [6, 6.07) is 8.93. The Labute approximate surface area is 193 Å². The van der Waals surface area contributed by atoms with Gasteiger partial charge in [-0.15, -0.1) is 22.7 Å². The van der Waals surface area contributed by atoms with Crippen LogP contribution in [-0.2, 0) is 21.2 Å². The summed E-state index contributed by atoms with van der Waals surface area (Å²) in [4.78, 5) is 17.7. The molecule has 0 unspecified atom stereocenters. The molecule has 2 aliphatic rings. The molecule has 0 spiro atoms. The van der Waals surface area contributed by atoms with Gasteiger partial charge in [0.1, 0.15) is 17.4 Å². The lowest BCUT2D eigenvalue weighted by molar-refractivity contribution is -0.115. The first-order valence-electron chi connectivity index (χ1n) is 10.2. The van der Waals surface area contributed by atoms with E-state index in [9.17, 15) is 13.2 Å². The van der Waals surface area contributed by atoms with Crippen molar-refractivity contribution in [3.63, 3.8) is 0 Å². The van der Waals surface area contributed by atoms with E-state index in [1.165, 1.54) is 15.6 Å². The number of amides is 1. The van der Waals surface area contributed by atoms with Crippen molar-refractivity contribution in [1.29, 1.82) is 0 Å². The molecule has 1 N–H and O–H groups in total. The molecule has 0 atom stereocenters. The Morgan fingerprint density at radius 1 is 1.09 bits per heavy atom. The summed E-state index contributed by atoms with van der Waals surface area (Å²) in [5, 5.41) is 5.16. The number of benzene rings is 1. The fourth-order valence-electron chi connectivity index (χ4n) is 3.64. The van der Waals surface area contributed by atoms with Crippen LogP contribution in [0.5, 0.6) is 11.5 Å². The summed E-state index contributed by atoms with van der Waals surface area (Å²) in [5.74, 6) is 1.16. The van der Waals surface area contributed by atoms with Crippen LogP contribution in [0.15, 0.2) is 39.9 Å². The Kier molecular flexibility index (Phi) is 5.89. The molecular formula is C21H21N3O5S3. The zero-order chi connectivity index (χ0) is 22.1. The molecule has 0 aliphatic carbocycles. The SMILES string of the molecule is O=C(Cc1ccc(S(=O)(=O)N2CCCC2)s1)Nc1nc(-c2ccc3c(c2)OCCO3)cs1. The van der Waals surface area contributed by atoms with Crippen LogP contribution in [-0.4, -0.2) is 49.9 Å². The number of carbonyl (C=O) groups is 1. The first-order valence-corrected chi connectivity index (χ1v) is 13.4. The van der Waals surface area contributed by atoms with Gasteiger partial charge in [-0.2, -0.15) is 4.31 Å². The van der Waals surface area contributed by atoms with Crippen molar-refractivity contribution in [2.24, 2.45) is 0 Å². The quantitative estimate of drug-likeness (QED) is 0.566. The summed E-state index contributed by atoms with van der Waals surface area (Å²) in [5.41, 5.74) is 1.61. The van der Waals surface area contributed by atoms with Crippen molar-refractivity contribution >= 4 is 43.7 Å². The number of carbonyl (C=O) groups excluding carboxylic acids is 1. The lowest BCUT2D eigenvalue weighted by Gasteiger charge is -2.18. The second kappa shape index (κ2) is 8.81. The van der Waals surface area contributed by atoms with Gasteiger partial charge in [-0.1, -0.05) is 0 Å².